The number of halogens is 1. The van der Waals surface area contributed by atoms with Crippen molar-refractivity contribution in [2.24, 2.45) is 5.92 Å². The molecule has 4 nitrogen and oxygen atoms in total. The normalized spacial score (nSPS) is 15.7. The predicted octanol–water partition coefficient (Wildman–Crippen LogP) is 3.66. The molecule has 2 N–H and O–H groups in total. The van der Waals surface area contributed by atoms with Crippen molar-refractivity contribution < 1.29 is 5.11 Å². The van der Waals surface area contributed by atoms with E-state index in [1.165, 1.54) is 11.3 Å². The number of benzene rings is 1. The Balaban J connectivity index is 1.54. The van der Waals surface area contributed by atoms with E-state index in [0.717, 1.165) is 42.8 Å². The molecule has 0 unspecified atom stereocenters. The summed E-state index contributed by atoms with van der Waals surface area (Å²) >= 11 is 3.39. The van der Waals surface area contributed by atoms with Crippen molar-refractivity contribution in [3.05, 3.63) is 52.6 Å². The van der Waals surface area contributed by atoms with Gasteiger partial charge in [-0.3, -0.25) is 0 Å². The van der Waals surface area contributed by atoms with Gasteiger partial charge in [-0.1, -0.05) is 12.1 Å². The van der Waals surface area contributed by atoms with E-state index < -0.39 is 0 Å². The number of hydrogen-bond donors (Lipinski definition) is 2. The molecule has 5 heteroatoms. The molecule has 0 atom stereocenters. The van der Waals surface area contributed by atoms with Gasteiger partial charge in [0.2, 0.25) is 0 Å². The first kappa shape index (κ1) is 16.3. The summed E-state index contributed by atoms with van der Waals surface area (Å²) in [6.07, 6.45) is 3.95. The highest BCUT2D eigenvalue weighted by molar-refractivity contribution is 9.10. The Morgan fingerprint density at radius 3 is 2.48 bits per heavy atom. The summed E-state index contributed by atoms with van der Waals surface area (Å²) in [4.78, 5) is 6.72. The summed E-state index contributed by atoms with van der Waals surface area (Å²) in [7, 11) is 0. The van der Waals surface area contributed by atoms with Gasteiger partial charge >= 0.3 is 0 Å². The minimum absolute atomic E-state index is 0.322. The third kappa shape index (κ3) is 4.45. The fourth-order valence-corrected chi connectivity index (χ4v) is 3.11. The predicted molar refractivity (Wildman–Crippen MR) is 97.7 cm³/mol. The molecule has 1 saturated heterocycles. The molecule has 0 saturated carbocycles. The van der Waals surface area contributed by atoms with Gasteiger partial charge in [0.1, 0.15) is 5.82 Å². The van der Waals surface area contributed by atoms with Crippen LogP contribution in [-0.4, -0.2) is 29.8 Å². The van der Waals surface area contributed by atoms with Crippen LogP contribution in [0.3, 0.4) is 0 Å². The zero-order valence-electron chi connectivity index (χ0n) is 13.1. The summed E-state index contributed by atoms with van der Waals surface area (Å²) in [6, 6.07) is 12.6. The van der Waals surface area contributed by atoms with Gasteiger partial charge in [-0.25, -0.2) is 4.98 Å². The van der Waals surface area contributed by atoms with Gasteiger partial charge in [0.25, 0.3) is 0 Å². The fraction of sp³-hybridized carbons (Fsp3) is 0.389. The summed E-state index contributed by atoms with van der Waals surface area (Å²) in [5, 5.41) is 12.5. The third-order valence-electron chi connectivity index (χ3n) is 4.38. The lowest BCUT2D eigenvalue weighted by atomic mass is 9.97. The van der Waals surface area contributed by atoms with Gasteiger partial charge in [0.05, 0.1) is 0 Å². The van der Waals surface area contributed by atoms with E-state index in [9.17, 15) is 5.11 Å². The minimum atomic E-state index is 0.322. The van der Waals surface area contributed by atoms with Crippen molar-refractivity contribution >= 4 is 27.4 Å². The van der Waals surface area contributed by atoms with Crippen molar-refractivity contribution in [1.82, 2.24) is 4.98 Å². The summed E-state index contributed by atoms with van der Waals surface area (Å²) in [6.45, 7) is 3.15. The molecule has 122 valence electrons. The Morgan fingerprint density at radius 1 is 1.13 bits per heavy atom. The molecule has 1 aromatic carbocycles. The van der Waals surface area contributed by atoms with Gasteiger partial charge < -0.3 is 15.3 Å². The Morgan fingerprint density at radius 2 is 1.87 bits per heavy atom. The first-order valence-electron chi connectivity index (χ1n) is 8.05. The Hall–Kier alpha value is -1.59. The van der Waals surface area contributed by atoms with Gasteiger partial charge in [0, 0.05) is 42.6 Å². The average molecular weight is 376 g/mol. The monoisotopic (exact) mass is 375 g/mol. The second-order valence-electron chi connectivity index (χ2n) is 5.99. The van der Waals surface area contributed by atoms with Crippen LogP contribution in [0.5, 0.6) is 0 Å². The smallest absolute Gasteiger partial charge is 0.126 e. The van der Waals surface area contributed by atoms with E-state index in [0.29, 0.717) is 12.5 Å². The van der Waals surface area contributed by atoms with E-state index in [4.69, 9.17) is 0 Å². The highest BCUT2D eigenvalue weighted by atomic mass is 79.9. The van der Waals surface area contributed by atoms with Gasteiger partial charge in [0.15, 0.2) is 0 Å². The highest BCUT2D eigenvalue weighted by Crippen LogP contribution is 2.23. The van der Waals surface area contributed by atoms with E-state index in [1.54, 1.807) is 6.20 Å². The molecule has 0 radical (unpaired) electrons. The molecule has 2 heterocycles. The molecule has 1 aromatic heterocycles. The third-order valence-corrected chi connectivity index (χ3v) is 4.84. The Bertz CT molecular complexity index is 607. The van der Waals surface area contributed by atoms with Gasteiger partial charge in [-0.15, -0.1) is 0 Å². The first-order chi connectivity index (χ1) is 11.2. The number of aliphatic hydroxyl groups is 1. The van der Waals surface area contributed by atoms with Crippen molar-refractivity contribution in [2.45, 2.75) is 19.4 Å². The number of aliphatic hydroxyl groups excluding tert-OH is 1. The second kappa shape index (κ2) is 7.79. The quantitative estimate of drug-likeness (QED) is 0.836. The Labute approximate surface area is 145 Å². The number of anilines is 2. The van der Waals surface area contributed by atoms with Crippen LogP contribution in [0.15, 0.2) is 47.1 Å². The molecule has 0 aliphatic carbocycles. The SMILES string of the molecule is OCC1CCN(c2ccc(CNc3ccc(Br)cn3)cc2)CC1. The van der Waals surface area contributed by atoms with Gasteiger partial charge in [-0.2, -0.15) is 0 Å². The van der Waals surface area contributed by atoms with E-state index in [2.05, 4.69) is 55.4 Å². The number of hydrogen-bond acceptors (Lipinski definition) is 4. The maximum absolute atomic E-state index is 9.22. The molecule has 1 fully saturated rings. The van der Waals surface area contributed by atoms with Crippen LogP contribution >= 0.6 is 15.9 Å². The lowest BCUT2D eigenvalue weighted by Gasteiger charge is -2.33. The molecule has 23 heavy (non-hydrogen) atoms. The van der Waals surface area contributed by atoms with Crippen molar-refractivity contribution in [3.8, 4) is 0 Å². The number of piperidine rings is 1. The maximum atomic E-state index is 9.22. The van der Waals surface area contributed by atoms with Crippen LogP contribution in [0, 0.1) is 5.92 Å². The molecule has 0 amide bonds. The number of pyridine rings is 1. The molecule has 3 rings (SSSR count). The molecule has 1 aliphatic heterocycles. The topological polar surface area (TPSA) is 48.4 Å². The van der Waals surface area contributed by atoms with Crippen molar-refractivity contribution in [1.29, 1.82) is 0 Å². The van der Waals surface area contributed by atoms with Crippen molar-refractivity contribution in [3.63, 3.8) is 0 Å². The molecule has 0 bridgehead atoms. The molecule has 2 aromatic rings. The van der Waals surface area contributed by atoms with Crippen LogP contribution in [0.4, 0.5) is 11.5 Å². The van der Waals surface area contributed by atoms with E-state index in [-0.39, 0.29) is 0 Å². The number of nitrogens with one attached hydrogen (secondary N) is 1. The zero-order valence-corrected chi connectivity index (χ0v) is 14.7. The Kier molecular flexibility index (Phi) is 5.51. The van der Waals surface area contributed by atoms with Crippen LogP contribution in [0.1, 0.15) is 18.4 Å². The molecule has 0 spiro atoms. The van der Waals surface area contributed by atoms with E-state index >= 15 is 0 Å². The fourth-order valence-electron chi connectivity index (χ4n) is 2.87. The van der Waals surface area contributed by atoms with Crippen LogP contribution in [0.2, 0.25) is 0 Å². The lowest BCUT2D eigenvalue weighted by Crippen LogP contribution is -2.34. The average Bonchev–Trinajstić information content (AvgIpc) is 2.62. The number of aromatic nitrogens is 1. The summed E-state index contributed by atoms with van der Waals surface area (Å²) in [5.41, 5.74) is 2.51. The highest BCUT2D eigenvalue weighted by Gasteiger charge is 2.18. The first-order valence-corrected chi connectivity index (χ1v) is 8.84. The minimum Gasteiger partial charge on any atom is -0.396 e. The molecular weight excluding hydrogens is 354 g/mol. The van der Waals surface area contributed by atoms with Crippen LogP contribution < -0.4 is 10.2 Å². The second-order valence-corrected chi connectivity index (χ2v) is 6.91. The standard InChI is InChI=1S/C18H22BrN3O/c19-16-3-6-18(21-12-16)20-11-14-1-4-17(5-2-14)22-9-7-15(13-23)8-10-22/h1-6,12,15,23H,7-11,13H2,(H,20,21). The molecule has 1 aliphatic rings. The van der Waals surface area contributed by atoms with Gasteiger partial charge in [-0.05, 0) is 64.5 Å². The van der Waals surface area contributed by atoms with Crippen LogP contribution in [-0.2, 0) is 6.54 Å². The summed E-state index contributed by atoms with van der Waals surface area (Å²) < 4.78 is 0.984. The van der Waals surface area contributed by atoms with Crippen molar-refractivity contribution in [2.75, 3.05) is 29.9 Å². The zero-order chi connectivity index (χ0) is 16.1. The molecular formula is C18H22BrN3O. The number of nitrogens with zero attached hydrogens (tertiary/aromatic N) is 2. The summed E-state index contributed by atoms with van der Waals surface area (Å²) in [5.74, 6) is 1.36. The van der Waals surface area contributed by atoms with Crippen LogP contribution in [0.25, 0.3) is 0 Å². The largest absolute Gasteiger partial charge is 0.396 e. The maximum Gasteiger partial charge on any atom is 0.126 e. The van der Waals surface area contributed by atoms with E-state index in [1.807, 2.05) is 12.1 Å². The number of rotatable bonds is 5. The lowest BCUT2D eigenvalue weighted by molar-refractivity contribution is 0.203.